The number of hydrogen-bond donors (Lipinski definition) is 0. The van der Waals surface area contributed by atoms with Crippen molar-refractivity contribution in [3.05, 3.63) is 34.1 Å². The quantitative estimate of drug-likeness (QED) is 0.465. The van der Waals surface area contributed by atoms with Crippen molar-refractivity contribution in [1.29, 1.82) is 0 Å². The summed E-state index contributed by atoms with van der Waals surface area (Å²) in [5, 5.41) is 0. The largest absolute Gasteiger partial charge is 0.289 e. The first-order chi connectivity index (χ1) is 6.79. The van der Waals surface area contributed by atoms with Crippen molar-refractivity contribution in [2.45, 2.75) is 0 Å². The Morgan fingerprint density at radius 2 is 1.43 bits per heavy atom. The van der Waals surface area contributed by atoms with Crippen molar-refractivity contribution >= 4 is 35.1 Å². The Morgan fingerprint density at radius 3 is 1.93 bits per heavy atom. The fourth-order valence-corrected chi connectivity index (χ4v) is 3.79. The van der Waals surface area contributed by atoms with Gasteiger partial charge in [0, 0.05) is 11.5 Å². The average Bonchev–Trinajstić information content (AvgIpc) is 2.61. The lowest BCUT2D eigenvalue weighted by molar-refractivity contribution is -0.116. The van der Waals surface area contributed by atoms with E-state index in [-0.39, 0.29) is 11.6 Å². The maximum atomic E-state index is 11.6. The monoisotopic (exact) mass is 224 g/mol. The van der Waals surface area contributed by atoms with Crippen LogP contribution in [0.4, 0.5) is 0 Å². The van der Waals surface area contributed by atoms with E-state index in [0.29, 0.717) is 5.57 Å². The Kier molecular flexibility index (Phi) is 2.93. The van der Waals surface area contributed by atoms with Gasteiger partial charge in [0.1, 0.15) is 0 Å². The molecule has 4 heteroatoms. The molecule has 0 N–H and O–H groups in total. The van der Waals surface area contributed by atoms with Crippen LogP contribution >= 0.6 is 23.5 Å². The number of rotatable bonds is 0. The van der Waals surface area contributed by atoms with E-state index in [2.05, 4.69) is 0 Å². The zero-order valence-corrected chi connectivity index (χ0v) is 8.99. The molecule has 0 aromatic carbocycles. The minimum atomic E-state index is -0.170. The Morgan fingerprint density at radius 1 is 0.929 bits per heavy atom. The van der Waals surface area contributed by atoms with Crippen LogP contribution in [0.5, 0.6) is 0 Å². The Bertz CT molecular complexity index is 344. The third kappa shape index (κ3) is 1.86. The molecule has 0 aromatic heterocycles. The van der Waals surface area contributed by atoms with E-state index >= 15 is 0 Å². The summed E-state index contributed by atoms with van der Waals surface area (Å²) in [6.07, 6.45) is 6.11. The number of hydrogen-bond acceptors (Lipinski definition) is 4. The van der Waals surface area contributed by atoms with Gasteiger partial charge in [0.2, 0.25) is 0 Å². The Hall–Kier alpha value is -0.740. The van der Waals surface area contributed by atoms with E-state index in [1.807, 2.05) is 0 Å². The molecular weight excluding hydrogens is 216 g/mol. The summed E-state index contributed by atoms with van der Waals surface area (Å²) in [6.45, 7) is 0. The minimum absolute atomic E-state index is 0.170. The molecule has 2 rings (SSSR count). The van der Waals surface area contributed by atoms with Gasteiger partial charge >= 0.3 is 0 Å². The van der Waals surface area contributed by atoms with Gasteiger partial charge in [0.25, 0.3) is 0 Å². The topological polar surface area (TPSA) is 34.1 Å². The van der Waals surface area contributed by atoms with Gasteiger partial charge in [-0.3, -0.25) is 9.59 Å². The number of ketones is 2. The van der Waals surface area contributed by atoms with Crippen LogP contribution in [0.15, 0.2) is 34.1 Å². The molecule has 0 aromatic rings. The molecule has 0 bridgehead atoms. The van der Waals surface area contributed by atoms with Crippen LogP contribution in [-0.4, -0.2) is 23.1 Å². The van der Waals surface area contributed by atoms with Gasteiger partial charge in [0.15, 0.2) is 11.6 Å². The van der Waals surface area contributed by atoms with Gasteiger partial charge in [0.05, 0.1) is 9.81 Å². The molecule has 1 fully saturated rings. The molecule has 14 heavy (non-hydrogen) atoms. The van der Waals surface area contributed by atoms with Gasteiger partial charge in [-0.1, -0.05) is 12.2 Å². The van der Waals surface area contributed by atoms with Gasteiger partial charge in [-0.2, -0.15) is 0 Å². The molecule has 0 spiro atoms. The van der Waals surface area contributed by atoms with Gasteiger partial charge < -0.3 is 0 Å². The van der Waals surface area contributed by atoms with E-state index in [0.717, 1.165) is 15.7 Å². The second kappa shape index (κ2) is 4.19. The minimum Gasteiger partial charge on any atom is -0.289 e. The second-order valence-electron chi connectivity index (χ2n) is 2.81. The normalized spacial score (nSPS) is 22.0. The first-order valence-corrected chi connectivity index (χ1v) is 6.19. The van der Waals surface area contributed by atoms with Gasteiger partial charge in [-0.05, 0) is 12.2 Å². The van der Waals surface area contributed by atoms with Crippen molar-refractivity contribution in [1.82, 2.24) is 0 Å². The average molecular weight is 224 g/mol. The zero-order valence-electron chi connectivity index (χ0n) is 7.36. The fraction of sp³-hybridized carbons (Fsp3) is 0.200. The lowest BCUT2D eigenvalue weighted by Crippen LogP contribution is -2.08. The summed E-state index contributed by atoms with van der Waals surface area (Å²) in [7, 11) is 0. The molecule has 72 valence electrons. The number of carbonyl (C=O) groups is 2. The molecule has 2 nitrogen and oxygen atoms in total. The molecule has 0 amide bonds. The molecule has 0 saturated carbocycles. The third-order valence-corrected chi connectivity index (χ3v) is 4.57. The third-order valence-electron chi connectivity index (χ3n) is 1.85. The number of thioether (sulfide) groups is 2. The first kappa shape index (κ1) is 9.80. The van der Waals surface area contributed by atoms with Crippen molar-refractivity contribution in [2.75, 3.05) is 11.5 Å². The predicted octanol–water partition coefficient (Wildman–Crippen LogP) is 1.94. The fourth-order valence-electron chi connectivity index (χ4n) is 1.23. The summed E-state index contributed by atoms with van der Waals surface area (Å²) < 4.78 is 0.885. The highest BCUT2D eigenvalue weighted by atomic mass is 32.2. The van der Waals surface area contributed by atoms with Crippen LogP contribution in [0.1, 0.15) is 0 Å². The van der Waals surface area contributed by atoms with Crippen molar-refractivity contribution in [2.24, 2.45) is 0 Å². The van der Waals surface area contributed by atoms with E-state index < -0.39 is 0 Å². The molecule has 1 heterocycles. The summed E-state index contributed by atoms with van der Waals surface area (Å²) in [4.78, 5) is 23.2. The standard InChI is InChI=1S/C10H8O2S2/c11-7-3-1-2-4-8(12)9(7)10-13-5-6-14-10/h1-4H,5-6H2. The molecule has 0 radical (unpaired) electrons. The highest BCUT2D eigenvalue weighted by molar-refractivity contribution is 8.25. The predicted molar refractivity (Wildman–Crippen MR) is 60.2 cm³/mol. The highest BCUT2D eigenvalue weighted by Crippen LogP contribution is 2.39. The summed E-state index contributed by atoms with van der Waals surface area (Å²) in [6, 6.07) is 0. The van der Waals surface area contributed by atoms with Crippen molar-refractivity contribution in [3.63, 3.8) is 0 Å². The Labute approximate surface area is 90.5 Å². The number of carbonyl (C=O) groups excluding carboxylic acids is 2. The van der Waals surface area contributed by atoms with Crippen LogP contribution in [0.3, 0.4) is 0 Å². The zero-order chi connectivity index (χ0) is 9.97. The maximum Gasteiger partial charge on any atom is 0.191 e. The summed E-state index contributed by atoms with van der Waals surface area (Å²) >= 11 is 3.20. The van der Waals surface area contributed by atoms with Crippen molar-refractivity contribution in [3.8, 4) is 0 Å². The van der Waals surface area contributed by atoms with E-state index in [9.17, 15) is 9.59 Å². The van der Waals surface area contributed by atoms with Crippen molar-refractivity contribution < 1.29 is 9.59 Å². The van der Waals surface area contributed by atoms with Crippen LogP contribution in [0.2, 0.25) is 0 Å². The maximum absolute atomic E-state index is 11.6. The van der Waals surface area contributed by atoms with Gasteiger partial charge in [-0.15, -0.1) is 23.5 Å². The lowest BCUT2D eigenvalue weighted by atomic mass is 10.1. The highest BCUT2D eigenvalue weighted by Gasteiger charge is 2.23. The molecule has 1 saturated heterocycles. The summed E-state index contributed by atoms with van der Waals surface area (Å²) in [5.41, 5.74) is 0.350. The second-order valence-corrected chi connectivity index (χ2v) is 5.27. The van der Waals surface area contributed by atoms with E-state index in [1.165, 1.54) is 12.2 Å². The molecule has 2 aliphatic rings. The van der Waals surface area contributed by atoms with E-state index in [4.69, 9.17) is 0 Å². The van der Waals surface area contributed by atoms with Gasteiger partial charge in [-0.25, -0.2) is 0 Å². The SMILES string of the molecule is O=C1C=CC=CC(=O)C1=C1SCCS1. The number of allylic oxidation sites excluding steroid dienone is 5. The summed E-state index contributed by atoms with van der Waals surface area (Å²) in [5.74, 6) is 1.63. The molecule has 0 unspecified atom stereocenters. The van der Waals surface area contributed by atoms with Crippen LogP contribution < -0.4 is 0 Å². The Balaban J connectivity index is 2.44. The van der Waals surface area contributed by atoms with Crippen LogP contribution in [0, 0.1) is 0 Å². The molecule has 0 atom stereocenters. The van der Waals surface area contributed by atoms with Crippen LogP contribution in [-0.2, 0) is 9.59 Å². The first-order valence-electron chi connectivity index (χ1n) is 4.22. The smallest absolute Gasteiger partial charge is 0.191 e. The molecule has 1 aliphatic heterocycles. The lowest BCUT2D eigenvalue weighted by Gasteiger charge is -2.01. The molecular formula is C10H8O2S2. The van der Waals surface area contributed by atoms with E-state index in [1.54, 1.807) is 35.7 Å². The molecule has 1 aliphatic carbocycles. The van der Waals surface area contributed by atoms with Crippen LogP contribution in [0.25, 0.3) is 0 Å².